The Morgan fingerprint density at radius 3 is 2.41 bits per heavy atom. The van der Waals surface area contributed by atoms with Crippen LogP contribution in [0.3, 0.4) is 0 Å². The van der Waals surface area contributed by atoms with Crippen molar-refractivity contribution in [1.29, 1.82) is 5.26 Å². The second-order valence-corrected chi connectivity index (χ2v) is 10.9. The molecule has 37 heavy (non-hydrogen) atoms. The Balaban J connectivity index is 1.22. The zero-order valence-electron chi connectivity index (χ0n) is 20.6. The van der Waals surface area contributed by atoms with Gasteiger partial charge in [0.15, 0.2) is 17.1 Å². The van der Waals surface area contributed by atoms with E-state index in [0.29, 0.717) is 24.1 Å². The number of aliphatic hydroxyl groups is 1. The zero-order valence-corrected chi connectivity index (χ0v) is 20.6. The summed E-state index contributed by atoms with van der Waals surface area (Å²) in [7, 11) is 0. The van der Waals surface area contributed by atoms with Gasteiger partial charge in [-0.2, -0.15) is 5.26 Å². The molecule has 2 aromatic heterocycles. The lowest BCUT2D eigenvalue weighted by atomic mass is 9.75. The molecule has 1 aliphatic heterocycles. The molecule has 0 bridgehead atoms. The molecule has 3 aromatic rings. The van der Waals surface area contributed by atoms with Gasteiger partial charge in [0.25, 0.3) is 5.91 Å². The van der Waals surface area contributed by atoms with Crippen molar-refractivity contribution < 1.29 is 23.8 Å². The van der Waals surface area contributed by atoms with Crippen molar-refractivity contribution in [3.63, 3.8) is 0 Å². The molecule has 1 amide bonds. The number of aromatic nitrogens is 1. The Morgan fingerprint density at radius 2 is 1.78 bits per heavy atom. The minimum atomic E-state index is -1.02. The predicted octanol–water partition coefficient (Wildman–Crippen LogP) is 4.41. The normalized spacial score (nSPS) is 21.0. The van der Waals surface area contributed by atoms with Gasteiger partial charge in [0, 0.05) is 23.6 Å². The Hall–Kier alpha value is -3.54. The fourth-order valence-corrected chi connectivity index (χ4v) is 5.47. The number of ketones is 1. The maximum absolute atomic E-state index is 13.4. The monoisotopic (exact) mass is 499 g/mol. The van der Waals surface area contributed by atoms with Gasteiger partial charge in [0.2, 0.25) is 0 Å². The number of rotatable bonds is 7. The number of Topliss-reactive ketones (excluding diaryl/α,β-unsaturated/α-hetero) is 1. The summed E-state index contributed by atoms with van der Waals surface area (Å²) in [5.74, 6) is -0.282. The molecular weight excluding hydrogens is 470 g/mol. The maximum Gasteiger partial charge on any atom is 0.287 e. The minimum Gasteiger partial charge on any atom is -0.451 e. The lowest BCUT2D eigenvalue weighted by Crippen LogP contribution is -2.56. The number of nitrogens with one attached hydrogen (secondary N) is 1. The Kier molecular flexibility index (Phi) is 5.66. The quantitative estimate of drug-likeness (QED) is 0.493. The summed E-state index contributed by atoms with van der Waals surface area (Å²) in [4.78, 5) is 31.1. The van der Waals surface area contributed by atoms with Gasteiger partial charge >= 0.3 is 0 Å². The van der Waals surface area contributed by atoms with Gasteiger partial charge in [-0.1, -0.05) is 37.5 Å². The third kappa shape index (κ3) is 4.32. The second kappa shape index (κ2) is 8.79. The van der Waals surface area contributed by atoms with E-state index in [9.17, 15) is 20.0 Å². The average molecular weight is 500 g/mol. The van der Waals surface area contributed by atoms with Crippen molar-refractivity contribution in [2.45, 2.75) is 62.5 Å². The molecule has 1 aromatic carbocycles. The highest BCUT2D eigenvalue weighted by Gasteiger charge is 2.50. The molecule has 6 rings (SSSR count). The van der Waals surface area contributed by atoms with Crippen LogP contribution in [0.1, 0.15) is 67.6 Å². The lowest BCUT2D eigenvalue weighted by molar-refractivity contribution is -0.186. The first kappa shape index (κ1) is 23.8. The standard InChI is InChI=1S/C29H29N3O5/c30-16-27(10-11-27)14-25(33)28(8-2-1-3-9-28)32-26(34)23-13-20-5-4-19(12-22(20)37-23)21-6-7-24(31-15-21)29(35)17-36-18-29/h4-7,12-13,15,35H,1-3,8-11,14,17-18H2,(H,32,34). The van der Waals surface area contributed by atoms with E-state index in [-0.39, 0.29) is 31.2 Å². The summed E-state index contributed by atoms with van der Waals surface area (Å²) in [5, 5.41) is 23.7. The van der Waals surface area contributed by atoms with Gasteiger partial charge in [-0.05, 0) is 49.4 Å². The summed E-state index contributed by atoms with van der Waals surface area (Å²) in [6, 6.07) is 13.4. The van der Waals surface area contributed by atoms with Crippen molar-refractivity contribution in [1.82, 2.24) is 10.3 Å². The van der Waals surface area contributed by atoms with Crippen LogP contribution in [0.5, 0.6) is 0 Å². The molecule has 8 nitrogen and oxygen atoms in total. The number of ether oxygens (including phenoxy) is 1. The first-order valence-electron chi connectivity index (χ1n) is 12.9. The number of nitrogens with zero attached hydrogens (tertiary/aromatic N) is 2. The fraction of sp³-hybridized carbons (Fsp3) is 0.448. The van der Waals surface area contributed by atoms with Gasteiger partial charge in [0.1, 0.15) is 5.58 Å². The van der Waals surface area contributed by atoms with Crippen molar-refractivity contribution in [2.24, 2.45) is 5.41 Å². The molecule has 2 N–H and O–H groups in total. The van der Waals surface area contributed by atoms with E-state index < -0.39 is 22.5 Å². The van der Waals surface area contributed by atoms with Gasteiger partial charge in [0.05, 0.1) is 35.9 Å². The number of carbonyl (C=O) groups is 2. The number of amides is 1. The first-order chi connectivity index (χ1) is 17.8. The Labute approximate surface area is 214 Å². The van der Waals surface area contributed by atoms with Crippen molar-refractivity contribution in [3.8, 4) is 17.2 Å². The van der Waals surface area contributed by atoms with E-state index in [2.05, 4.69) is 16.4 Å². The summed E-state index contributed by atoms with van der Waals surface area (Å²) < 4.78 is 11.1. The van der Waals surface area contributed by atoms with Crippen LogP contribution in [0.4, 0.5) is 0 Å². The zero-order chi connectivity index (χ0) is 25.7. The molecule has 0 atom stereocenters. The van der Waals surface area contributed by atoms with E-state index >= 15 is 0 Å². The van der Waals surface area contributed by atoms with Gasteiger partial charge in [-0.3, -0.25) is 14.6 Å². The van der Waals surface area contributed by atoms with Crippen molar-refractivity contribution in [3.05, 3.63) is 54.0 Å². The number of hydrogen-bond acceptors (Lipinski definition) is 7. The Bertz CT molecular complexity index is 1400. The SMILES string of the molecule is N#CC1(CC(=O)C2(NC(=O)c3cc4ccc(-c5ccc(C6(O)COC6)nc5)cc4o3)CCCCC2)CC1. The van der Waals surface area contributed by atoms with Crippen molar-refractivity contribution >= 4 is 22.7 Å². The molecule has 0 radical (unpaired) electrons. The number of furan rings is 1. The predicted molar refractivity (Wildman–Crippen MR) is 134 cm³/mol. The smallest absolute Gasteiger partial charge is 0.287 e. The Morgan fingerprint density at radius 1 is 1.03 bits per heavy atom. The fourth-order valence-electron chi connectivity index (χ4n) is 5.47. The summed E-state index contributed by atoms with van der Waals surface area (Å²) in [6.07, 6.45) is 7.35. The highest BCUT2D eigenvalue weighted by atomic mass is 16.5. The van der Waals surface area contributed by atoms with Gasteiger partial charge < -0.3 is 19.6 Å². The molecule has 8 heteroatoms. The van der Waals surface area contributed by atoms with Gasteiger partial charge in [-0.15, -0.1) is 0 Å². The molecule has 2 aliphatic carbocycles. The molecule has 1 saturated heterocycles. The molecule has 0 spiro atoms. The number of carbonyl (C=O) groups excluding carboxylic acids is 2. The van der Waals surface area contributed by atoms with E-state index in [1.54, 1.807) is 18.3 Å². The van der Waals surface area contributed by atoms with Gasteiger partial charge in [-0.25, -0.2) is 0 Å². The minimum absolute atomic E-state index is 0.0351. The van der Waals surface area contributed by atoms with Crippen LogP contribution in [0.15, 0.2) is 47.0 Å². The van der Waals surface area contributed by atoms with E-state index in [1.165, 1.54) is 0 Å². The number of benzene rings is 1. The molecule has 190 valence electrons. The third-order valence-electron chi connectivity index (χ3n) is 8.18. The number of hydrogen-bond donors (Lipinski definition) is 2. The lowest BCUT2D eigenvalue weighted by Gasteiger charge is -2.37. The summed E-state index contributed by atoms with van der Waals surface area (Å²) in [6.45, 7) is 0.489. The summed E-state index contributed by atoms with van der Waals surface area (Å²) in [5.41, 5.74) is 0.367. The molecule has 3 heterocycles. The maximum atomic E-state index is 13.4. The van der Waals surface area contributed by atoms with E-state index in [4.69, 9.17) is 9.15 Å². The molecular formula is C29H29N3O5. The van der Waals surface area contributed by atoms with Crippen LogP contribution in [-0.2, 0) is 15.1 Å². The van der Waals surface area contributed by atoms with Crippen LogP contribution in [0.25, 0.3) is 22.1 Å². The van der Waals surface area contributed by atoms with Crippen LogP contribution in [0, 0.1) is 16.7 Å². The van der Waals surface area contributed by atoms with Crippen LogP contribution < -0.4 is 5.32 Å². The summed E-state index contributed by atoms with van der Waals surface area (Å²) >= 11 is 0. The van der Waals surface area contributed by atoms with Crippen LogP contribution in [0.2, 0.25) is 0 Å². The molecule has 3 aliphatic rings. The van der Waals surface area contributed by atoms with E-state index in [0.717, 1.165) is 48.6 Å². The first-order valence-corrected chi connectivity index (χ1v) is 12.9. The highest BCUT2D eigenvalue weighted by molar-refractivity contribution is 6.01. The highest BCUT2D eigenvalue weighted by Crippen LogP contribution is 2.49. The number of pyridine rings is 1. The van der Waals surface area contributed by atoms with E-state index in [1.807, 2.05) is 24.3 Å². The molecule has 2 saturated carbocycles. The van der Waals surface area contributed by atoms with Crippen molar-refractivity contribution in [2.75, 3.05) is 13.2 Å². The number of nitriles is 1. The van der Waals surface area contributed by atoms with Crippen LogP contribution in [-0.4, -0.2) is 40.5 Å². The average Bonchev–Trinajstić information content (AvgIpc) is 3.54. The largest absolute Gasteiger partial charge is 0.451 e. The van der Waals surface area contributed by atoms with Crippen LogP contribution >= 0.6 is 0 Å². The molecule has 0 unspecified atom stereocenters. The third-order valence-corrected chi connectivity index (χ3v) is 8.18. The number of fused-ring (bicyclic) bond motifs is 1. The second-order valence-electron chi connectivity index (χ2n) is 10.9. The molecule has 3 fully saturated rings. The topological polar surface area (TPSA) is 125 Å².